The molecule has 0 aliphatic rings. The molecule has 0 aromatic carbocycles. The van der Waals surface area contributed by atoms with Crippen molar-refractivity contribution in [1.82, 2.24) is 4.98 Å². The molecule has 0 unspecified atom stereocenters. The van der Waals surface area contributed by atoms with E-state index >= 15 is 0 Å². The third kappa shape index (κ3) is 3.87. The fourth-order valence-corrected chi connectivity index (χ4v) is 1.32. The highest BCUT2D eigenvalue weighted by molar-refractivity contribution is 5.88. The number of hydrogen-bond acceptors (Lipinski definition) is 3. The Bertz CT molecular complexity index is 459. The van der Waals surface area contributed by atoms with Crippen LogP contribution in [0.25, 0.3) is 0 Å². The molecule has 0 aliphatic carbocycles. The minimum absolute atomic E-state index is 0.199. The van der Waals surface area contributed by atoms with Crippen LogP contribution in [0.1, 0.15) is 43.7 Å². The van der Waals surface area contributed by atoms with Gasteiger partial charge < -0.3 is 9.84 Å². The number of hydrogen-bond donors (Lipinski definition) is 1. The van der Waals surface area contributed by atoms with Crippen LogP contribution in [0.5, 0.6) is 5.88 Å². The van der Waals surface area contributed by atoms with Crippen LogP contribution >= 0.6 is 0 Å². The van der Waals surface area contributed by atoms with Crippen molar-refractivity contribution < 1.29 is 14.6 Å². The van der Waals surface area contributed by atoms with Gasteiger partial charge in [-0.3, -0.25) is 0 Å². The highest BCUT2D eigenvalue weighted by atomic mass is 16.5. The highest BCUT2D eigenvalue weighted by Crippen LogP contribution is 2.24. The Balaban J connectivity index is 3.10. The van der Waals surface area contributed by atoms with E-state index in [1.807, 2.05) is 39.8 Å². The summed E-state index contributed by atoms with van der Waals surface area (Å²) in [5.74, 6) is -0.628. The molecule has 0 spiro atoms. The first-order valence-corrected chi connectivity index (χ1v) is 5.84. The van der Waals surface area contributed by atoms with Crippen molar-refractivity contribution in [1.29, 1.82) is 0 Å². The lowest BCUT2D eigenvalue weighted by atomic mass is 9.91. The Hall–Kier alpha value is -1.84. The molecule has 1 N–H and O–H groups in total. The zero-order chi connectivity index (χ0) is 13.8. The van der Waals surface area contributed by atoms with Gasteiger partial charge in [0, 0.05) is 11.5 Å². The molecule has 0 saturated heterocycles. The van der Waals surface area contributed by atoms with E-state index in [0.29, 0.717) is 18.2 Å². The molecular weight excluding hydrogens is 230 g/mol. The van der Waals surface area contributed by atoms with Crippen LogP contribution in [0.3, 0.4) is 0 Å². The molecule has 1 heterocycles. The van der Waals surface area contributed by atoms with Gasteiger partial charge in [-0.1, -0.05) is 32.9 Å². The van der Waals surface area contributed by atoms with Crippen LogP contribution in [0.4, 0.5) is 0 Å². The monoisotopic (exact) mass is 249 g/mol. The first kappa shape index (κ1) is 14.2. The maximum atomic E-state index is 11.1. The Kier molecular flexibility index (Phi) is 4.48. The molecule has 4 nitrogen and oxygen atoms in total. The number of carboxylic acids is 1. The average Bonchev–Trinajstić information content (AvgIpc) is 2.28. The first-order chi connectivity index (χ1) is 8.34. The lowest BCUT2D eigenvalue weighted by Crippen LogP contribution is -2.15. The fourth-order valence-electron chi connectivity index (χ4n) is 1.32. The van der Waals surface area contributed by atoms with E-state index in [9.17, 15) is 4.79 Å². The molecule has 0 atom stereocenters. The molecule has 0 fully saturated rings. The van der Waals surface area contributed by atoms with E-state index < -0.39 is 5.97 Å². The number of allylic oxidation sites excluding steroid dienone is 1. The normalized spacial score (nSPS) is 11.8. The van der Waals surface area contributed by atoms with Crippen LogP contribution in [-0.2, 0) is 5.41 Å². The van der Waals surface area contributed by atoms with Gasteiger partial charge in [0.15, 0.2) is 0 Å². The van der Waals surface area contributed by atoms with Gasteiger partial charge in [0.05, 0.1) is 11.3 Å². The van der Waals surface area contributed by atoms with E-state index in [0.717, 1.165) is 0 Å². The number of aromatic carboxylic acids is 1. The second-order valence-electron chi connectivity index (χ2n) is 5.01. The van der Waals surface area contributed by atoms with Gasteiger partial charge in [-0.15, -0.1) is 0 Å². The van der Waals surface area contributed by atoms with Gasteiger partial charge in [0.25, 0.3) is 0 Å². The molecule has 0 saturated carbocycles. The van der Waals surface area contributed by atoms with Crippen molar-refractivity contribution in [2.24, 2.45) is 0 Å². The third-order valence-electron chi connectivity index (χ3n) is 2.38. The first-order valence-electron chi connectivity index (χ1n) is 5.84. The molecular formula is C14H19NO3. The zero-order valence-electron chi connectivity index (χ0n) is 11.2. The van der Waals surface area contributed by atoms with Crippen LogP contribution in [-0.4, -0.2) is 22.7 Å². The summed E-state index contributed by atoms with van der Waals surface area (Å²) in [6.45, 7) is 8.23. The second-order valence-corrected chi connectivity index (χ2v) is 5.01. The molecule has 1 aromatic heterocycles. The number of ether oxygens (including phenoxy) is 1. The molecule has 0 aliphatic heterocycles. The van der Waals surface area contributed by atoms with Gasteiger partial charge >= 0.3 is 5.97 Å². The second kappa shape index (κ2) is 5.67. The van der Waals surface area contributed by atoms with Crippen LogP contribution in [0.2, 0.25) is 0 Å². The van der Waals surface area contributed by atoms with E-state index in [1.54, 1.807) is 6.07 Å². The van der Waals surface area contributed by atoms with Gasteiger partial charge in [-0.05, 0) is 13.0 Å². The minimum Gasteiger partial charge on any atom is -0.478 e. The number of nitrogens with zero attached hydrogens (tertiary/aromatic N) is 1. The van der Waals surface area contributed by atoms with E-state index in [1.165, 1.54) is 6.07 Å². The van der Waals surface area contributed by atoms with Gasteiger partial charge in [0.1, 0.15) is 6.61 Å². The molecule has 4 heteroatoms. The smallest absolute Gasteiger partial charge is 0.335 e. The number of carbonyl (C=O) groups is 1. The molecule has 98 valence electrons. The largest absolute Gasteiger partial charge is 0.478 e. The van der Waals surface area contributed by atoms with Gasteiger partial charge in [0.2, 0.25) is 5.88 Å². The van der Waals surface area contributed by atoms with E-state index in [2.05, 4.69) is 4.98 Å². The summed E-state index contributed by atoms with van der Waals surface area (Å²) >= 11 is 0. The fraction of sp³-hybridized carbons (Fsp3) is 0.429. The third-order valence-corrected chi connectivity index (χ3v) is 2.38. The van der Waals surface area contributed by atoms with Crippen LogP contribution < -0.4 is 4.74 Å². The highest BCUT2D eigenvalue weighted by Gasteiger charge is 2.19. The Labute approximate surface area is 107 Å². The minimum atomic E-state index is -0.973. The maximum Gasteiger partial charge on any atom is 0.335 e. The van der Waals surface area contributed by atoms with Crippen molar-refractivity contribution >= 4 is 5.97 Å². The number of aromatic nitrogens is 1. The molecule has 0 amide bonds. The topological polar surface area (TPSA) is 59.4 Å². The Morgan fingerprint density at radius 1 is 1.44 bits per heavy atom. The SMILES string of the molecule is C/C=C/COc1cc(C(=O)O)cc(C(C)(C)C)n1. The summed E-state index contributed by atoms with van der Waals surface area (Å²) in [5, 5.41) is 9.07. The van der Waals surface area contributed by atoms with E-state index in [-0.39, 0.29) is 11.0 Å². The summed E-state index contributed by atoms with van der Waals surface area (Å²) in [6, 6.07) is 3.03. The lowest BCUT2D eigenvalue weighted by Gasteiger charge is -2.19. The lowest BCUT2D eigenvalue weighted by molar-refractivity contribution is 0.0696. The quantitative estimate of drug-likeness (QED) is 0.833. The summed E-state index contributed by atoms with van der Waals surface area (Å²) in [6.07, 6.45) is 3.71. The zero-order valence-corrected chi connectivity index (χ0v) is 11.2. The summed E-state index contributed by atoms with van der Waals surface area (Å²) in [5.41, 5.74) is 0.688. The average molecular weight is 249 g/mol. The standard InChI is InChI=1S/C14H19NO3/c1-5-6-7-18-12-9-10(13(16)17)8-11(15-12)14(2,3)4/h5-6,8-9H,7H2,1-4H3,(H,16,17)/b6-5+. The molecule has 0 radical (unpaired) electrons. The van der Waals surface area contributed by atoms with Crippen LogP contribution in [0.15, 0.2) is 24.3 Å². The van der Waals surface area contributed by atoms with Crippen molar-refractivity contribution in [3.63, 3.8) is 0 Å². The number of carboxylic acid groups (broad SMARTS) is 1. The predicted molar refractivity (Wildman–Crippen MR) is 70.2 cm³/mol. The summed E-state index contributed by atoms with van der Waals surface area (Å²) in [7, 11) is 0. The van der Waals surface area contributed by atoms with Crippen LogP contribution in [0, 0.1) is 0 Å². The Morgan fingerprint density at radius 3 is 2.61 bits per heavy atom. The number of rotatable bonds is 4. The molecule has 1 rings (SSSR count). The molecule has 1 aromatic rings. The summed E-state index contributed by atoms with van der Waals surface area (Å²) in [4.78, 5) is 15.4. The predicted octanol–water partition coefficient (Wildman–Crippen LogP) is 3.03. The Morgan fingerprint density at radius 2 is 2.11 bits per heavy atom. The van der Waals surface area contributed by atoms with Gasteiger partial charge in [-0.2, -0.15) is 0 Å². The number of pyridine rings is 1. The van der Waals surface area contributed by atoms with Crippen molar-refractivity contribution in [3.05, 3.63) is 35.5 Å². The molecule has 0 bridgehead atoms. The van der Waals surface area contributed by atoms with Crippen molar-refractivity contribution in [2.45, 2.75) is 33.1 Å². The summed E-state index contributed by atoms with van der Waals surface area (Å²) < 4.78 is 5.41. The molecule has 18 heavy (non-hydrogen) atoms. The van der Waals surface area contributed by atoms with Crippen molar-refractivity contribution in [3.8, 4) is 5.88 Å². The van der Waals surface area contributed by atoms with Crippen molar-refractivity contribution in [2.75, 3.05) is 6.61 Å². The maximum absolute atomic E-state index is 11.1. The van der Waals surface area contributed by atoms with Gasteiger partial charge in [-0.25, -0.2) is 9.78 Å². The van der Waals surface area contributed by atoms with E-state index in [4.69, 9.17) is 9.84 Å².